The summed E-state index contributed by atoms with van der Waals surface area (Å²) in [5.74, 6) is 2.67. The quantitative estimate of drug-likeness (QED) is 0.871. The minimum absolute atomic E-state index is 0.583. The van der Waals surface area contributed by atoms with E-state index in [2.05, 4.69) is 16.0 Å². The fraction of sp³-hybridized carbons (Fsp3) is 0.438. The molecule has 2 N–H and O–H groups in total. The van der Waals surface area contributed by atoms with Crippen molar-refractivity contribution in [2.45, 2.75) is 25.3 Å². The molecule has 2 aliphatic carbocycles. The second kappa shape index (κ2) is 4.27. The number of rotatable bonds is 3. The van der Waals surface area contributed by atoms with Crippen LogP contribution in [0.1, 0.15) is 25.3 Å². The first-order valence-electron chi connectivity index (χ1n) is 7.23. The summed E-state index contributed by atoms with van der Waals surface area (Å²) in [7, 11) is 1.66. The molecule has 4 rings (SSSR count). The topological polar surface area (TPSA) is 53.1 Å². The average molecular weight is 269 g/mol. The predicted octanol–water partition coefficient (Wildman–Crippen LogP) is 3.11. The van der Waals surface area contributed by atoms with Gasteiger partial charge in [-0.25, -0.2) is 0 Å². The number of ether oxygens (including phenoxy) is 1. The Bertz CT molecular complexity index is 639. The van der Waals surface area contributed by atoms with E-state index in [1.54, 1.807) is 7.11 Å². The summed E-state index contributed by atoms with van der Waals surface area (Å²) in [6.07, 6.45) is 8.07. The Labute approximate surface area is 118 Å². The third-order valence-corrected chi connectivity index (χ3v) is 4.75. The molecule has 0 aliphatic heterocycles. The molecule has 0 bridgehead atoms. The average Bonchev–Trinajstić information content (AvgIpc) is 2.91. The van der Waals surface area contributed by atoms with E-state index in [-0.39, 0.29) is 0 Å². The fourth-order valence-electron chi connectivity index (χ4n) is 3.59. The number of methoxy groups -OCH3 is 1. The highest BCUT2D eigenvalue weighted by molar-refractivity contribution is 5.76. The molecule has 0 unspecified atom stereocenters. The SMILES string of the molecule is COc1c(N)cccc1-c1cnn([C@H]2C[C@H]3C[C@H]3C2)c1. The smallest absolute Gasteiger partial charge is 0.149 e. The van der Waals surface area contributed by atoms with Crippen molar-refractivity contribution in [3.05, 3.63) is 30.6 Å². The summed E-state index contributed by atoms with van der Waals surface area (Å²) in [4.78, 5) is 0. The molecule has 4 nitrogen and oxygen atoms in total. The van der Waals surface area contributed by atoms with Crippen molar-refractivity contribution in [3.63, 3.8) is 0 Å². The van der Waals surface area contributed by atoms with Crippen LogP contribution in [0.5, 0.6) is 5.75 Å². The van der Waals surface area contributed by atoms with Gasteiger partial charge >= 0.3 is 0 Å². The molecule has 1 aromatic heterocycles. The van der Waals surface area contributed by atoms with E-state index in [1.807, 2.05) is 24.4 Å². The first-order chi connectivity index (χ1) is 9.76. The molecule has 3 atom stereocenters. The number of hydrogen-bond acceptors (Lipinski definition) is 3. The van der Waals surface area contributed by atoms with Gasteiger partial charge < -0.3 is 10.5 Å². The summed E-state index contributed by atoms with van der Waals surface area (Å²) in [6, 6.07) is 6.43. The number of anilines is 1. The number of nitrogen functional groups attached to an aromatic ring is 1. The van der Waals surface area contributed by atoms with Crippen LogP contribution in [0.25, 0.3) is 11.1 Å². The normalized spacial score (nSPS) is 27.4. The number of nitrogens with two attached hydrogens (primary N) is 1. The van der Waals surface area contributed by atoms with Crippen molar-refractivity contribution >= 4 is 5.69 Å². The number of aromatic nitrogens is 2. The van der Waals surface area contributed by atoms with Crippen molar-refractivity contribution in [3.8, 4) is 16.9 Å². The third kappa shape index (κ3) is 1.79. The lowest BCUT2D eigenvalue weighted by Crippen LogP contribution is -2.06. The third-order valence-electron chi connectivity index (χ3n) is 4.75. The minimum Gasteiger partial charge on any atom is -0.494 e. The summed E-state index contributed by atoms with van der Waals surface area (Å²) < 4.78 is 7.56. The number of fused-ring (bicyclic) bond motifs is 1. The highest BCUT2D eigenvalue weighted by Gasteiger charge is 2.46. The van der Waals surface area contributed by atoms with Crippen molar-refractivity contribution in [1.29, 1.82) is 0 Å². The standard InChI is InChI=1S/C16H19N3O/c1-20-16-14(3-2-4-15(16)17)12-8-18-19(9-12)13-6-10-5-11(10)7-13/h2-4,8-11,13H,5-7,17H2,1H3/t10-,11+,13+. The van der Waals surface area contributed by atoms with Crippen LogP contribution < -0.4 is 10.5 Å². The zero-order valence-corrected chi connectivity index (χ0v) is 11.6. The Morgan fingerprint density at radius 2 is 2.05 bits per heavy atom. The van der Waals surface area contributed by atoms with E-state index in [0.29, 0.717) is 11.7 Å². The van der Waals surface area contributed by atoms with E-state index in [0.717, 1.165) is 28.7 Å². The van der Waals surface area contributed by atoms with E-state index in [1.165, 1.54) is 19.3 Å². The van der Waals surface area contributed by atoms with Crippen LogP contribution in [-0.4, -0.2) is 16.9 Å². The van der Waals surface area contributed by atoms with Crippen LogP contribution >= 0.6 is 0 Å². The van der Waals surface area contributed by atoms with Crippen LogP contribution in [0.2, 0.25) is 0 Å². The van der Waals surface area contributed by atoms with Gasteiger partial charge in [0, 0.05) is 17.3 Å². The molecule has 0 saturated heterocycles. The monoisotopic (exact) mass is 269 g/mol. The van der Waals surface area contributed by atoms with E-state index < -0.39 is 0 Å². The number of nitrogens with zero attached hydrogens (tertiary/aromatic N) is 2. The molecular weight excluding hydrogens is 250 g/mol. The summed E-state index contributed by atoms with van der Waals surface area (Å²) in [5, 5.41) is 4.55. The van der Waals surface area contributed by atoms with Crippen LogP contribution in [0.15, 0.2) is 30.6 Å². The minimum atomic E-state index is 0.583. The first kappa shape index (κ1) is 11.8. The van der Waals surface area contributed by atoms with Crippen LogP contribution in [0, 0.1) is 11.8 Å². The summed E-state index contributed by atoms with van der Waals surface area (Å²) >= 11 is 0. The maximum atomic E-state index is 5.97. The van der Waals surface area contributed by atoms with Crippen LogP contribution in [0.3, 0.4) is 0 Å². The van der Waals surface area contributed by atoms with Crippen LogP contribution in [0.4, 0.5) is 5.69 Å². The maximum Gasteiger partial charge on any atom is 0.149 e. The zero-order valence-electron chi connectivity index (χ0n) is 11.6. The van der Waals surface area contributed by atoms with E-state index in [9.17, 15) is 0 Å². The molecular formula is C16H19N3O. The van der Waals surface area contributed by atoms with Gasteiger partial charge in [-0.05, 0) is 37.2 Å². The molecule has 1 heterocycles. The van der Waals surface area contributed by atoms with Gasteiger partial charge in [-0.2, -0.15) is 5.10 Å². The highest BCUT2D eigenvalue weighted by Crippen LogP contribution is 2.55. The van der Waals surface area contributed by atoms with Crippen molar-refractivity contribution in [1.82, 2.24) is 9.78 Å². The van der Waals surface area contributed by atoms with Gasteiger partial charge in [-0.1, -0.05) is 12.1 Å². The Morgan fingerprint density at radius 1 is 1.25 bits per heavy atom. The molecule has 4 heteroatoms. The van der Waals surface area contributed by atoms with Gasteiger partial charge in [0.05, 0.1) is 25.0 Å². The van der Waals surface area contributed by atoms with Crippen LogP contribution in [-0.2, 0) is 0 Å². The van der Waals surface area contributed by atoms with Gasteiger partial charge in [0.15, 0.2) is 0 Å². The van der Waals surface area contributed by atoms with Gasteiger partial charge in [0.25, 0.3) is 0 Å². The second-order valence-corrected chi connectivity index (χ2v) is 6.02. The molecule has 2 aliphatic rings. The van der Waals surface area contributed by atoms with E-state index >= 15 is 0 Å². The largest absolute Gasteiger partial charge is 0.494 e. The number of hydrogen-bond donors (Lipinski definition) is 1. The van der Waals surface area contributed by atoms with Crippen molar-refractivity contribution < 1.29 is 4.74 Å². The van der Waals surface area contributed by atoms with Crippen molar-refractivity contribution in [2.75, 3.05) is 12.8 Å². The lowest BCUT2D eigenvalue weighted by molar-refractivity contribution is 0.418. The number of benzene rings is 1. The summed E-state index contributed by atoms with van der Waals surface area (Å²) in [5.41, 5.74) is 8.73. The van der Waals surface area contributed by atoms with Gasteiger partial charge in [-0.15, -0.1) is 0 Å². The Kier molecular flexibility index (Phi) is 2.52. The Balaban J connectivity index is 1.66. The van der Waals surface area contributed by atoms with Gasteiger partial charge in [0.1, 0.15) is 5.75 Å². The molecule has 2 fully saturated rings. The van der Waals surface area contributed by atoms with Crippen molar-refractivity contribution in [2.24, 2.45) is 11.8 Å². The first-order valence-corrected chi connectivity index (χ1v) is 7.23. The maximum absolute atomic E-state index is 5.97. The molecule has 20 heavy (non-hydrogen) atoms. The van der Waals surface area contributed by atoms with Gasteiger partial charge in [0.2, 0.25) is 0 Å². The number of para-hydroxylation sites is 1. The lowest BCUT2D eigenvalue weighted by Gasteiger charge is -2.12. The Hall–Kier alpha value is -1.97. The molecule has 104 valence electrons. The zero-order chi connectivity index (χ0) is 13.7. The molecule has 0 amide bonds. The second-order valence-electron chi connectivity index (χ2n) is 6.02. The van der Waals surface area contributed by atoms with Gasteiger partial charge in [-0.3, -0.25) is 4.68 Å². The molecule has 1 aromatic carbocycles. The fourth-order valence-corrected chi connectivity index (χ4v) is 3.59. The molecule has 0 radical (unpaired) electrons. The molecule has 2 saturated carbocycles. The predicted molar refractivity (Wildman–Crippen MR) is 78.5 cm³/mol. The molecule has 2 aromatic rings. The van der Waals surface area contributed by atoms with E-state index in [4.69, 9.17) is 10.5 Å². The Morgan fingerprint density at radius 3 is 2.80 bits per heavy atom. The molecule has 0 spiro atoms. The lowest BCUT2D eigenvalue weighted by atomic mass is 10.1. The highest BCUT2D eigenvalue weighted by atomic mass is 16.5. The summed E-state index contributed by atoms with van der Waals surface area (Å²) in [6.45, 7) is 0.